The Kier molecular flexibility index (Phi) is 3.94. The molecule has 0 atom stereocenters. The Balaban J connectivity index is 2.77. The minimum atomic E-state index is -4.54. The third kappa shape index (κ3) is 2.60. The molecule has 0 spiro atoms. The second-order valence-corrected chi connectivity index (χ2v) is 5.28. The maximum Gasteiger partial charge on any atom is 0.420 e. The number of ether oxygens (including phenoxy) is 1. The summed E-state index contributed by atoms with van der Waals surface area (Å²) >= 11 is 1.76. The molecule has 0 radical (unpaired) electrons. The summed E-state index contributed by atoms with van der Waals surface area (Å²) in [6.07, 6.45) is -3.11. The van der Waals surface area contributed by atoms with Crippen LogP contribution in [0.4, 0.5) is 13.2 Å². The first kappa shape index (κ1) is 15.1. The Morgan fingerprint density at radius 3 is 2.70 bits per heavy atom. The van der Waals surface area contributed by atoms with Crippen molar-refractivity contribution in [3.63, 3.8) is 0 Å². The second-order valence-electron chi connectivity index (χ2n) is 4.03. The lowest BCUT2D eigenvalue weighted by atomic mass is 10.2. The lowest BCUT2D eigenvalue weighted by molar-refractivity contribution is -0.136. The highest BCUT2D eigenvalue weighted by Gasteiger charge is 2.35. The van der Waals surface area contributed by atoms with E-state index in [0.717, 1.165) is 10.5 Å². The SMILES string of the molecule is CCOC(=O)c1c(C)nc2c(C(F)(F)F)cc(I)cn12. The quantitative estimate of drug-likeness (QED) is 0.575. The number of alkyl halides is 3. The van der Waals surface area contributed by atoms with Crippen molar-refractivity contribution < 1.29 is 22.7 Å². The van der Waals surface area contributed by atoms with Crippen molar-refractivity contribution in [1.29, 1.82) is 0 Å². The average Bonchev–Trinajstić information content (AvgIpc) is 2.63. The molecule has 4 nitrogen and oxygen atoms in total. The summed E-state index contributed by atoms with van der Waals surface area (Å²) in [5.74, 6) is -0.687. The highest BCUT2D eigenvalue weighted by molar-refractivity contribution is 14.1. The lowest BCUT2D eigenvalue weighted by Gasteiger charge is -2.09. The van der Waals surface area contributed by atoms with Crippen LogP contribution in [0.25, 0.3) is 5.65 Å². The molecule has 0 N–H and O–H groups in total. The first-order chi connectivity index (χ1) is 9.25. The predicted molar refractivity (Wildman–Crippen MR) is 73.6 cm³/mol. The first-order valence-corrected chi connectivity index (χ1v) is 6.76. The van der Waals surface area contributed by atoms with Crippen LogP contribution in [0, 0.1) is 10.5 Å². The number of esters is 1. The summed E-state index contributed by atoms with van der Waals surface area (Å²) in [6.45, 7) is 3.25. The van der Waals surface area contributed by atoms with Gasteiger partial charge in [-0.1, -0.05) is 0 Å². The molecule has 0 saturated carbocycles. The number of carbonyl (C=O) groups is 1. The number of nitrogens with zero attached hydrogens (tertiary/aromatic N) is 2. The van der Waals surface area contributed by atoms with E-state index < -0.39 is 17.7 Å². The highest BCUT2D eigenvalue weighted by atomic mass is 127. The van der Waals surface area contributed by atoms with Gasteiger partial charge in [0, 0.05) is 9.77 Å². The molecule has 0 fully saturated rings. The molecule has 108 valence electrons. The van der Waals surface area contributed by atoms with Crippen molar-refractivity contribution in [3.05, 3.63) is 32.8 Å². The minimum Gasteiger partial charge on any atom is -0.461 e. The lowest BCUT2D eigenvalue weighted by Crippen LogP contribution is -2.12. The van der Waals surface area contributed by atoms with E-state index in [4.69, 9.17) is 4.74 Å². The van der Waals surface area contributed by atoms with Gasteiger partial charge in [-0.2, -0.15) is 13.2 Å². The molecule has 8 heteroatoms. The number of halogens is 4. The molecule has 2 heterocycles. The molecule has 0 amide bonds. The number of fused-ring (bicyclic) bond motifs is 1. The highest BCUT2D eigenvalue weighted by Crippen LogP contribution is 2.34. The van der Waals surface area contributed by atoms with Gasteiger partial charge in [0.25, 0.3) is 0 Å². The smallest absolute Gasteiger partial charge is 0.420 e. The van der Waals surface area contributed by atoms with Gasteiger partial charge in [-0.3, -0.25) is 4.40 Å². The number of hydrogen-bond acceptors (Lipinski definition) is 3. The van der Waals surface area contributed by atoms with E-state index in [-0.39, 0.29) is 23.6 Å². The molecule has 0 aromatic carbocycles. The van der Waals surface area contributed by atoms with Crippen LogP contribution in [0.5, 0.6) is 0 Å². The van der Waals surface area contributed by atoms with E-state index in [1.807, 2.05) is 0 Å². The van der Waals surface area contributed by atoms with Crippen LogP contribution in [-0.2, 0) is 10.9 Å². The van der Waals surface area contributed by atoms with Gasteiger partial charge in [-0.25, -0.2) is 9.78 Å². The van der Waals surface area contributed by atoms with Crippen LogP contribution < -0.4 is 0 Å². The predicted octanol–water partition coefficient (Wildman–Crippen LogP) is 3.44. The molecular weight excluding hydrogens is 388 g/mol. The number of pyridine rings is 1. The summed E-state index contributed by atoms with van der Waals surface area (Å²) in [6, 6.07) is 0.997. The van der Waals surface area contributed by atoms with Crippen LogP contribution in [0.1, 0.15) is 28.7 Å². The summed E-state index contributed by atoms with van der Waals surface area (Å²) in [4.78, 5) is 15.7. The van der Waals surface area contributed by atoms with Crippen LogP contribution in [-0.4, -0.2) is 22.0 Å². The molecule has 20 heavy (non-hydrogen) atoms. The van der Waals surface area contributed by atoms with Gasteiger partial charge in [0.2, 0.25) is 0 Å². The van der Waals surface area contributed by atoms with E-state index in [2.05, 4.69) is 4.98 Å². The molecule has 2 rings (SSSR count). The Bertz CT molecular complexity index is 679. The molecule has 0 saturated heterocycles. The normalized spacial score (nSPS) is 11.9. The van der Waals surface area contributed by atoms with Crippen molar-refractivity contribution >= 4 is 34.2 Å². The van der Waals surface area contributed by atoms with Crippen molar-refractivity contribution in [2.45, 2.75) is 20.0 Å². The monoisotopic (exact) mass is 398 g/mol. The number of rotatable bonds is 2. The zero-order valence-corrected chi connectivity index (χ0v) is 12.7. The molecular formula is C12H10F3IN2O2. The van der Waals surface area contributed by atoms with E-state index in [1.54, 1.807) is 29.5 Å². The zero-order chi connectivity index (χ0) is 15.1. The first-order valence-electron chi connectivity index (χ1n) is 5.68. The standard InChI is InChI=1S/C12H10F3IN2O2/c1-3-20-11(19)9-6(2)17-10-8(12(13,14)15)4-7(16)5-18(9)10/h4-5H,3H2,1-2H3. The van der Waals surface area contributed by atoms with Crippen LogP contribution in [0.3, 0.4) is 0 Å². The maximum absolute atomic E-state index is 13.0. The summed E-state index contributed by atoms with van der Waals surface area (Å²) in [5.41, 5.74) is -0.941. The Morgan fingerprint density at radius 1 is 1.50 bits per heavy atom. The molecule has 2 aromatic rings. The molecule has 0 aliphatic heterocycles. The van der Waals surface area contributed by atoms with Gasteiger partial charge in [0.1, 0.15) is 5.65 Å². The van der Waals surface area contributed by atoms with Crippen LogP contribution in [0.2, 0.25) is 0 Å². The Morgan fingerprint density at radius 2 is 2.15 bits per heavy atom. The topological polar surface area (TPSA) is 43.6 Å². The molecule has 0 unspecified atom stereocenters. The number of aromatic nitrogens is 2. The van der Waals surface area contributed by atoms with E-state index in [1.165, 1.54) is 13.1 Å². The Labute approximate surface area is 126 Å². The number of carbonyl (C=O) groups excluding carboxylic acids is 1. The number of aryl methyl sites for hydroxylation is 1. The molecule has 2 aromatic heterocycles. The minimum absolute atomic E-state index is 0.0193. The molecule has 0 aliphatic rings. The van der Waals surface area contributed by atoms with E-state index >= 15 is 0 Å². The van der Waals surface area contributed by atoms with Crippen molar-refractivity contribution in [2.24, 2.45) is 0 Å². The fraction of sp³-hybridized carbons (Fsp3) is 0.333. The number of imidazole rings is 1. The summed E-state index contributed by atoms with van der Waals surface area (Å²) in [7, 11) is 0. The molecule has 0 aliphatic carbocycles. The second kappa shape index (κ2) is 5.23. The van der Waals surface area contributed by atoms with Gasteiger partial charge in [0.15, 0.2) is 5.69 Å². The fourth-order valence-corrected chi connectivity index (χ4v) is 2.47. The van der Waals surface area contributed by atoms with Crippen LogP contribution in [0.15, 0.2) is 12.3 Å². The zero-order valence-electron chi connectivity index (χ0n) is 10.6. The third-order valence-electron chi connectivity index (χ3n) is 2.64. The maximum atomic E-state index is 13.0. The van der Waals surface area contributed by atoms with Gasteiger partial charge in [-0.15, -0.1) is 0 Å². The van der Waals surface area contributed by atoms with Crippen molar-refractivity contribution in [2.75, 3.05) is 6.61 Å². The average molecular weight is 398 g/mol. The Hall–Kier alpha value is -1.32. The van der Waals surface area contributed by atoms with Gasteiger partial charge in [-0.05, 0) is 42.5 Å². The molecule has 0 bridgehead atoms. The third-order valence-corrected chi connectivity index (χ3v) is 3.23. The summed E-state index contributed by atoms with van der Waals surface area (Å²) < 4.78 is 45.4. The largest absolute Gasteiger partial charge is 0.461 e. The fourth-order valence-electron chi connectivity index (χ4n) is 1.88. The van der Waals surface area contributed by atoms with Gasteiger partial charge in [0.05, 0.1) is 17.9 Å². The van der Waals surface area contributed by atoms with E-state index in [0.29, 0.717) is 3.57 Å². The summed E-state index contributed by atoms with van der Waals surface area (Å²) in [5, 5.41) is 0. The van der Waals surface area contributed by atoms with Crippen molar-refractivity contribution in [3.8, 4) is 0 Å². The van der Waals surface area contributed by atoms with Crippen LogP contribution >= 0.6 is 22.6 Å². The van der Waals surface area contributed by atoms with Crippen molar-refractivity contribution in [1.82, 2.24) is 9.38 Å². The van der Waals surface area contributed by atoms with E-state index in [9.17, 15) is 18.0 Å². The number of hydrogen-bond donors (Lipinski definition) is 0. The van der Waals surface area contributed by atoms with Gasteiger partial charge < -0.3 is 4.74 Å². The van der Waals surface area contributed by atoms with Gasteiger partial charge >= 0.3 is 12.1 Å².